The summed E-state index contributed by atoms with van der Waals surface area (Å²) < 4.78 is 0. The van der Waals surface area contributed by atoms with Gasteiger partial charge in [0, 0.05) is 36.8 Å². The number of pyridine rings is 1. The maximum absolute atomic E-state index is 5.86. The Bertz CT molecular complexity index is 692. The molecular formula is C12H10ClN5. The molecule has 2 N–H and O–H groups in total. The number of aromatic nitrogens is 4. The van der Waals surface area contributed by atoms with Gasteiger partial charge in [-0.25, -0.2) is 4.98 Å². The molecule has 5 nitrogen and oxygen atoms in total. The van der Waals surface area contributed by atoms with Crippen LogP contribution in [-0.4, -0.2) is 27.0 Å². The van der Waals surface area contributed by atoms with Gasteiger partial charge in [0.15, 0.2) is 0 Å². The van der Waals surface area contributed by atoms with Crippen molar-refractivity contribution >= 4 is 28.5 Å². The lowest BCUT2D eigenvalue weighted by molar-refractivity contribution is 1.19. The van der Waals surface area contributed by atoms with Crippen LogP contribution in [-0.2, 0) is 0 Å². The Morgan fingerprint density at radius 1 is 1.33 bits per heavy atom. The van der Waals surface area contributed by atoms with Gasteiger partial charge in [-0.15, -0.1) is 0 Å². The molecule has 3 rings (SSSR count). The van der Waals surface area contributed by atoms with Crippen LogP contribution in [0.5, 0.6) is 0 Å². The lowest BCUT2D eigenvalue weighted by atomic mass is 10.1. The molecule has 0 aromatic carbocycles. The molecular weight excluding hydrogens is 250 g/mol. The fraction of sp³-hybridized carbons (Fsp3) is 0.0833. The van der Waals surface area contributed by atoms with Gasteiger partial charge in [0.05, 0.1) is 5.39 Å². The maximum Gasteiger partial charge on any atom is 0.226 e. The second kappa shape index (κ2) is 4.27. The zero-order valence-corrected chi connectivity index (χ0v) is 10.4. The van der Waals surface area contributed by atoms with Crippen molar-refractivity contribution in [2.45, 2.75) is 0 Å². The topological polar surface area (TPSA) is 66.5 Å². The largest absolute Gasteiger partial charge is 0.372 e. The van der Waals surface area contributed by atoms with Crippen LogP contribution < -0.4 is 5.32 Å². The summed E-state index contributed by atoms with van der Waals surface area (Å²) in [4.78, 5) is 15.6. The van der Waals surface area contributed by atoms with Gasteiger partial charge in [0.25, 0.3) is 0 Å². The second-order valence-corrected chi connectivity index (χ2v) is 4.10. The van der Waals surface area contributed by atoms with Gasteiger partial charge in [0.2, 0.25) is 5.28 Å². The van der Waals surface area contributed by atoms with E-state index in [9.17, 15) is 0 Å². The molecule has 6 heteroatoms. The minimum Gasteiger partial charge on any atom is -0.372 e. The molecule has 0 bridgehead atoms. The summed E-state index contributed by atoms with van der Waals surface area (Å²) in [5.74, 6) is 0.699. The average Bonchev–Trinajstić information content (AvgIpc) is 2.82. The number of fused-ring (bicyclic) bond motifs is 1. The van der Waals surface area contributed by atoms with Gasteiger partial charge in [-0.2, -0.15) is 4.98 Å². The van der Waals surface area contributed by atoms with Crippen LogP contribution in [0.1, 0.15) is 0 Å². The van der Waals surface area contributed by atoms with Crippen molar-refractivity contribution in [1.29, 1.82) is 0 Å². The second-order valence-electron chi connectivity index (χ2n) is 3.76. The van der Waals surface area contributed by atoms with E-state index in [-0.39, 0.29) is 5.28 Å². The van der Waals surface area contributed by atoms with Gasteiger partial charge in [-0.1, -0.05) is 6.07 Å². The van der Waals surface area contributed by atoms with Gasteiger partial charge in [-0.3, -0.25) is 4.98 Å². The van der Waals surface area contributed by atoms with E-state index in [1.807, 2.05) is 18.3 Å². The average molecular weight is 260 g/mol. The Morgan fingerprint density at radius 2 is 2.22 bits per heavy atom. The third-order valence-electron chi connectivity index (χ3n) is 2.71. The monoisotopic (exact) mass is 259 g/mol. The number of hydrogen-bond donors (Lipinski definition) is 2. The fourth-order valence-corrected chi connectivity index (χ4v) is 2.11. The number of hydrogen-bond acceptors (Lipinski definition) is 4. The quantitative estimate of drug-likeness (QED) is 0.695. The molecule has 0 radical (unpaired) electrons. The van der Waals surface area contributed by atoms with E-state index < -0.39 is 0 Å². The van der Waals surface area contributed by atoms with Crippen LogP contribution in [0, 0.1) is 0 Å². The highest BCUT2D eigenvalue weighted by atomic mass is 35.5. The third-order valence-corrected chi connectivity index (χ3v) is 2.88. The summed E-state index contributed by atoms with van der Waals surface area (Å²) in [6, 6.07) is 3.88. The number of H-pyrrole nitrogens is 1. The first-order chi connectivity index (χ1) is 8.79. The van der Waals surface area contributed by atoms with E-state index in [1.54, 1.807) is 19.4 Å². The molecule has 3 aromatic rings. The van der Waals surface area contributed by atoms with Crippen LogP contribution in [0.3, 0.4) is 0 Å². The van der Waals surface area contributed by atoms with Gasteiger partial charge in [0.1, 0.15) is 11.5 Å². The molecule has 0 fully saturated rings. The Kier molecular flexibility index (Phi) is 2.60. The first-order valence-electron chi connectivity index (χ1n) is 5.42. The number of rotatable bonds is 2. The van der Waals surface area contributed by atoms with Crippen LogP contribution in [0.25, 0.3) is 22.2 Å². The molecule has 0 saturated heterocycles. The summed E-state index contributed by atoms with van der Waals surface area (Å²) in [5, 5.41) is 4.16. The molecule has 3 heterocycles. The standard InChI is InChI=1S/C12H10ClN5/c1-14-10-9-8(7-3-2-4-15-5-7)6-16-11(9)18-12(13)17-10/h2-6H,1H3,(H2,14,16,17,18). The molecule has 3 aromatic heterocycles. The summed E-state index contributed by atoms with van der Waals surface area (Å²) in [7, 11) is 1.80. The van der Waals surface area contributed by atoms with Crippen molar-refractivity contribution in [3.05, 3.63) is 36.0 Å². The number of nitrogens with one attached hydrogen (secondary N) is 2. The van der Waals surface area contributed by atoms with Gasteiger partial charge >= 0.3 is 0 Å². The van der Waals surface area contributed by atoms with Crippen LogP contribution in [0.15, 0.2) is 30.7 Å². The molecule has 0 atom stereocenters. The minimum absolute atomic E-state index is 0.214. The van der Waals surface area contributed by atoms with Crippen LogP contribution >= 0.6 is 11.6 Å². The maximum atomic E-state index is 5.86. The highest BCUT2D eigenvalue weighted by Crippen LogP contribution is 2.32. The van der Waals surface area contributed by atoms with Crippen molar-refractivity contribution in [3.63, 3.8) is 0 Å². The normalized spacial score (nSPS) is 10.8. The van der Waals surface area contributed by atoms with Crippen molar-refractivity contribution in [3.8, 4) is 11.1 Å². The Labute approximate surface area is 108 Å². The lowest BCUT2D eigenvalue weighted by Gasteiger charge is -2.04. The molecule has 0 saturated carbocycles. The number of halogens is 1. The van der Waals surface area contributed by atoms with E-state index >= 15 is 0 Å². The van der Waals surface area contributed by atoms with Crippen molar-refractivity contribution in [2.24, 2.45) is 0 Å². The minimum atomic E-state index is 0.214. The van der Waals surface area contributed by atoms with Crippen molar-refractivity contribution in [1.82, 2.24) is 19.9 Å². The predicted molar refractivity (Wildman–Crippen MR) is 71.7 cm³/mol. The Balaban J connectivity index is 2.32. The smallest absolute Gasteiger partial charge is 0.226 e. The van der Waals surface area contributed by atoms with Gasteiger partial charge < -0.3 is 10.3 Å². The Hall–Kier alpha value is -2.14. The molecule has 0 aliphatic rings. The summed E-state index contributed by atoms with van der Waals surface area (Å²) >= 11 is 5.86. The lowest BCUT2D eigenvalue weighted by Crippen LogP contribution is -1.96. The molecule has 0 amide bonds. The molecule has 18 heavy (non-hydrogen) atoms. The van der Waals surface area contributed by atoms with E-state index in [2.05, 4.69) is 25.3 Å². The molecule has 0 unspecified atom stereocenters. The van der Waals surface area contributed by atoms with Crippen LogP contribution in [0.4, 0.5) is 5.82 Å². The van der Waals surface area contributed by atoms with Crippen molar-refractivity contribution in [2.75, 3.05) is 12.4 Å². The summed E-state index contributed by atoms with van der Waals surface area (Å²) in [6.45, 7) is 0. The number of aromatic amines is 1. The summed E-state index contributed by atoms with van der Waals surface area (Å²) in [5.41, 5.74) is 2.71. The first kappa shape index (κ1) is 11.0. The molecule has 0 aliphatic carbocycles. The Morgan fingerprint density at radius 3 is 2.94 bits per heavy atom. The highest BCUT2D eigenvalue weighted by Gasteiger charge is 2.13. The first-order valence-corrected chi connectivity index (χ1v) is 5.80. The fourth-order valence-electron chi connectivity index (χ4n) is 1.94. The van der Waals surface area contributed by atoms with Gasteiger partial charge in [-0.05, 0) is 17.7 Å². The van der Waals surface area contributed by atoms with E-state index in [0.717, 1.165) is 16.5 Å². The third kappa shape index (κ3) is 1.69. The molecule has 90 valence electrons. The zero-order valence-electron chi connectivity index (χ0n) is 9.61. The zero-order chi connectivity index (χ0) is 12.5. The SMILES string of the molecule is CNc1nc(Cl)nc2[nH]cc(-c3cccnc3)c12. The van der Waals surface area contributed by atoms with E-state index in [1.165, 1.54) is 0 Å². The number of anilines is 1. The van der Waals surface area contributed by atoms with Crippen molar-refractivity contribution < 1.29 is 0 Å². The summed E-state index contributed by atoms with van der Waals surface area (Å²) in [6.07, 6.45) is 5.43. The van der Waals surface area contributed by atoms with E-state index in [0.29, 0.717) is 11.5 Å². The number of nitrogens with zero attached hydrogens (tertiary/aromatic N) is 3. The highest BCUT2D eigenvalue weighted by molar-refractivity contribution is 6.29. The molecule has 0 spiro atoms. The molecule has 0 aliphatic heterocycles. The van der Waals surface area contributed by atoms with E-state index in [4.69, 9.17) is 11.6 Å². The predicted octanol–water partition coefficient (Wildman–Crippen LogP) is 2.72. The van der Waals surface area contributed by atoms with Crippen LogP contribution in [0.2, 0.25) is 5.28 Å².